The lowest BCUT2D eigenvalue weighted by Gasteiger charge is -2.18. The molecule has 0 radical (unpaired) electrons. The molecule has 1 atom stereocenters. The zero-order valence-electron chi connectivity index (χ0n) is 14.0. The molecule has 0 saturated heterocycles. The molecular formula is C18H18BrNO5. The number of amides is 1. The summed E-state index contributed by atoms with van der Waals surface area (Å²) in [6, 6.07) is 10.9. The number of nitrogens with one attached hydrogen (secondary N) is 1. The van der Waals surface area contributed by atoms with Crippen molar-refractivity contribution >= 4 is 27.8 Å². The molecule has 132 valence electrons. The van der Waals surface area contributed by atoms with E-state index in [-0.39, 0.29) is 5.56 Å². The summed E-state index contributed by atoms with van der Waals surface area (Å²) in [7, 11) is 4.24. The number of carbonyl (C=O) groups is 2. The van der Waals surface area contributed by atoms with Crippen LogP contribution in [0, 0.1) is 0 Å². The largest absolute Gasteiger partial charge is 0.497 e. The molecule has 0 unspecified atom stereocenters. The first-order valence-electron chi connectivity index (χ1n) is 7.36. The molecule has 0 saturated carbocycles. The van der Waals surface area contributed by atoms with Crippen molar-refractivity contribution < 1.29 is 23.8 Å². The van der Waals surface area contributed by atoms with Gasteiger partial charge in [0.1, 0.15) is 11.5 Å². The minimum atomic E-state index is -0.943. The van der Waals surface area contributed by atoms with E-state index in [1.165, 1.54) is 21.3 Å². The standard InChI is InChI=1S/C18H18BrNO5/c1-23-13-8-9-15(24-2)14(10-13)17(21)20-16(18(22)25-3)11-4-6-12(19)7-5-11/h4-10,16H,1-3H3,(H,20,21)/t16-/m0/s1. The van der Waals surface area contributed by atoms with Gasteiger partial charge in [-0.2, -0.15) is 0 Å². The van der Waals surface area contributed by atoms with Gasteiger partial charge in [-0.05, 0) is 35.9 Å². The van der Waals surface area contributed by atoms with Crippen LogP contribution in [0.1, 0.15) is 22.0 Å². The van der Waals surface area contributed by atoms with E-state index in [0.29, 0.717) is 17.1 Å². The number of methoxy groups -OCH3 is 3. The lowest BCUT2D eigenvalue weighted by atomic mass is 10.1. The molecule has 0 aromatic heterocycles. The number of hydrogen-bond donors (Lipinski definition) is 1. The Morgan fingerprint density at radius 1 is 1.00 bits per heavy atom. The zero-order chi connectivity index (χ0) is 18.4. The van der Waals surface area contributed by atoms with Crippen LogP contribution in [-0.2, 0) is 9.53 Å². The molecule has 2 rings (SSSR count). The zero-order valence-corrected chi connectivity index (χ0v) is 15.6. The van der Waals surface area contributed by atoms with Gasteiger partial charge in [-0.1, -0.05) is 28.1 Å². The number of esters is 1. The second-order valence-electron chi connectivity index (χ2n) is 5.05. The highest BCUT2D eigenvalue weighted by Gasteiger charge is 2.25. The smallest absolute Gasteiger partial charge is 0.333 e. The van der Waals surface area contributed by atoms with E-state index in [0.717, 1.165) is 4.47 Å². The molecule has 0 aliphatic rings. The van der Waals surface area contributed by atoms with Crippen LogP contribution in [0.25, 0.3) is 0 Å². The molecule has 7 heteroatoms. The molecule has 6 nitrogen and oxygen atoms in total. The van der Waals surface area contributed by atoms with Gasteiger partial charge in [0, 0.05) is 4.47 Å². The normalized spacial score (nSPS) is 11.4. The van der Waals surface area contributed by atoms with Crippen LogP contribution >= 0.6 is 15.9 Å². The highest BCUT2D eigenvalue weighted by molar-refractivity contribution is 9.10. The van der Waals surface area contributed by atoms with Crippen molar-refractivity contribution in [1.29, 1.82) is 0 Å². The van der Waals surface area contributed by atoms with Gasteiger partial charge in [-0.3, -0.25) is 4.79 Å². The molecule has 0 heterocycles. The average Bonchev–Trinajstić information content (AvgIpc) is 2.65. The third kappa shape index (κ3) is 4.51. The molecule has 0 aliphatic carbocycles. The van der Waals surface area contributed by atoms with Crippen molar-refractivity contribution in [3.05, 3.63) is 58.1 Å². The number of carbonyl (C=O) groups excluding carboxylic acids is 2. The maximum atomic E-state index is 12.7. The highest BCUT2D eigenvalue weighted by Crippen LogP contribution is 2.25. The fourth-order valence-corrected chi connectivity index (χ4v) is 2.52. The van der Waals surface area contributed by atoms with Crippen LogP contribution in [-0.4, -0.2) is 33.2 Å². The Labute approximate surface area is 154 Å². The summed E-state index contributed by atoms with van der Waals surface area (Å²) in [5, 5.41) is 2.68. The molecule has 2 aromatic carbocycles. The number of halogens is 1. The maximum absolute atomic E-state index is 12.7. The van der Waals surface area contributed by atoms with E-state index in [4.69, 9.17) is 14.2 Å². The minimum Gasteiger partial charge on any atom is -0.497 e. The molecular weight excluding hydrogens is 390 g/mol. The van der Waals surface area contributed by atoms with Crippen LogP contribution in [0.2, 0.25) is 0 Å². The minimum absolute atomic E-state index is 0.257. The van der Waals surface area contributed by atoms with Crippen LogP contribution in [0.3, 0.4) is 0 Å². The number of benzene rings is 2. The van der Waals surface area contributed by atoms with Crippen LogP contribution in [0.15, 0.2) is 46.9 Å². The van der Waals surface area contributed by atoms with Gasteiger partial charge in [-0.25, -0.2) is 4.79 Å². The first kappa shape index (κ1) is 18.8. The SMILES string of the molecule is COC(=O)[C@@H](NC(=O)c1cc(OC)ccc1OC)c1ccc(Br)cc1. The maximum Gasteiger partial charge on any atom is 0.333 e. The van der Waals surface area contributed by atoms with Crippen molar-refractivity contribution in [3.8, 4) is 11.5 Å². The summed E-state index contributed by atoms with van der Waals surface area (Å²) in [5.74, 6) is -0.173. The predicted octanol–water partition coefficient (Wildman–Crippen LogP) is 3.11. The van der Waals surface area contributed by atoms with Gasteiger partial charge in [0.15, 0.2) is 6.04 Å². The summed E-state index contributed by atoms with van der Waals surface area (Å²) in [6.45, 7) is 0. The van der Waals surface area contributed by atoms with Crippen molar-refractivity contribution in [2.24, 2.45) is 0 Å². The van der Waals surface area contributed by atoms with Gasteiger partial charge >= 0.3 is 5.97 Å². The lowest BCUT2D eigenvalue weighted by Crippen LogP contribution is -2.34. The molecule has 0 fully saturated rings. The number of hydrogen-bond acceptors (Lipinski definition) is 5. The first-order chi connectivity index (χ1) is 12.0. The fourth-order valence-electron chi connectivity index (χ4n) is 2.25. The van der Waals surface area contributed by atoms with E-state index in [9.17, 15) is 9.59 Å². The topological polar surface area (TPSA) is 73.9 Å². The van der Waals surface area contributed by atoms with Gasteiger partial charge in [-0.15, -0.1) is 0 Å². The van der Waals surface area contributed by atoms with Gasteiger partial charge < -0.3 is 19.5 Å². The quantitative estimate of drug-likeness (QED) is 0.744. The van der Waals surface area contributed by atoms with E-state index in [1.54, 1.807) is 42.5 Å². The number of ether oxygens (including phenoxy) is 3. The average molecular weight is 408 g/mol. The molecule has 1 amide bonds. The molecule has 25 heavy (non-hydrogen) atoms. The Bertz CT molecular complexity index is 761. The van der Waals surface area contributed by atoms with Crippen molar-refractivity contribution in [3.63, 3.8) is 0 Å². The summed E-state index contributed by atoms with van der Waals surface area (Å²) >= 11 is 3.34. The first-order valence-corrected chi connectivity index (χ1v) is 8.15. The van der Waals surface area contributed by atoms with Crippen molar-refractivity contribution in [2.75, 3.05) is 21.3 Å². The van der Waals surface area contributed by atoms with E-state index < -0.39 is 17.9 Å². The lowest BCUT2D eigenvalue weighted by molar-refractivity contribution is -0.143. The Hall–Kier alpha value is -2.54. The second-order valence-corrected chi connectivity index (χ2v) is 5.96. The van der Waals surface area contributed by atoms with Crippen LogP contribution < -0.4 is 14.8 Å². The third-order valence-electron chi connectivity index (χ3n) is 3.57. The van der Waals surface area contributed by atoms with Gasteiger partial charge in [0.2, 0.25) is 0 Å². The Kier molecular flexibility index (Phi) is 6.41. The van der Waals surface area contributed by atoms with Crippen molar-refractivity contribution in [2.45, 2.75) is 6.04 Å². The monoisotopic (exact) mass is 407 g/mol. The van der Waals surface area contributed by atoms with Crippen LogP contribution in [0.5, 0.6) is 11.5 Å². The number of rotatable bonds is 6. The predicted molar refractivity (Wildman–Crippen MR) is 95.9 cm³/mol. The Morgan fingerprint density at radius 3 is 2.24 bits per heavy atom. The van der Waals surface area contributed by atoms with E-state index in [2.05, 4.69) is 21.2 Å². The molecule has 1 N–H and O–H groups in total. The Balaban J connectivity index is 2.34. The third-order valence-corrected chi connectivity index (χ3v) is 4.10. The Morgan fingerprint density at radius 2 is 1.68 bits per heavy atom. The molecule has 0 bridgehead atoms. The molecule has 0 spiro atoms. The summed E-state index contributed by atoms with van der Waals surface area (Å²) in [4.78, 5) is 24.8. The van der Waals surface area contributed by atoms with E-state index >= 15 is 0 Å². The van der Waals surface area contributed by atoms with Crippen molar-refractivity contribution in [1.82, 2.24) is 5.32 Å². The van der Waals surface area contributed by atoms with Gasteiger partial charge in [0.25, 0.3) is 5.91 Å². The fraction of sp³-hybridized carbons (Fsp3) is 0.222. The van der Waals surface area contributed by atoms with Gasteiger partial charge in [0.05, 0.1) is 26.9 Å². The summed E-state index contributed by atoms with van der Waals surface area (Å²) in [5.41, 5.74) is 0.859. The highest BCUT2D eigenvalue weighted by atomic mass is 79.9. The molecule has 0 aliphatic heterocycles. The summed E-state index contributed by atoms with van der Waals surface area (Å²) < 4.78 is 16.0. The van der Waals surface area contributed by atoms with E-state index in [1.807, 2.05) is 0 Å². The van der Waals surface area contributed by atoms with Crippen LogP contribution in [0.4, 0.5) is 0 Å². The second kappa shape index (κ2) is 8.53. The summed E-state index contributed by atoms with van der Waals surface area (Å²) in [6.07, 6.45) is 0. The molecule has 2 aromatic rings.